The summed E-state index contributed by atoms with van der Waals surface area (Å²) in [7, 11) is -1.69. The van der Waals surface area contributed by atoms with Crippen LogP contribution < -0.4 is 0 Å². The summed E-state index contributed by atoms with van der Waals surface area (Å²) < 4.78 is 34.6. The van der Waals surface area contributed by atoms with Gasteiger partial charge in [-0.15, -0.1) is 0 Å². The zero-order valence-corrected chi connectivity index (χ0v) is 15.2. The Hall–Kier alpha value is -2.12. The van der Waals surface area contributed by atoms with Crippen LogP contribution in [0.2, 0.25) is 0 Å². The van der Waals surface area contributed by atoms with Gasteiger partial charge >= 0.3 is 5.97 Å². The molecule has 7 heteroatoms. The van der Waals surface area contributed by atoms with Crippen molar-refractivity contribution >= 4 is 16.0 Å². The number of nitrogens with zero attached hydrogens (tertiary/aromatic N) is 2. The van der Waals surface area contributed by atoms with Gasteiger partial charge in [0.15, 0.2) is 0 Å². The van der Waals surface area contributed by atoms with Crippen molar-refractivity contribution in [1.29, 1.82) is 0 Å². The van der Waals surface area contributed by atoms with E-state index in [1.807, 2.05) is 29.9 Å². The van der Waals surface area contributed by atoms with E-state index in [0.717, 1.165) is 18.5 Å². The highest BCUT2D eigenvalue weighted by molar-refractivity contribution is 7.89. The van der Waals surface area contributed by atoms with E-state index in [4.69, 9.17) is 4.74 Å². The minimum absolute atomic E-state index is 0.158. The Bertz CT molecular complexity index is 855. The number of rotatable bonds is 5. The molecule has 1 atom stereocenters. The van der Waals surface area contributed by atoms with Gasteiger partial charge in [-0.3, -0.25) is 0 Å². The fraction of sp³-hybridized carbons (Fsp3) is 0.389. The van der Waals surface area contributed by atoms with Crippen LogP contribution in [-0.4, -0.2) is 36.4 Å². The molecule has 0 aliphatic carbocycles. The molecule has 2 heterocycles. The Kier molecular flexibility index (Phi) is 4.96. The van der Waals surface area contributed by atoms with Gasteiger partial charge in [0.1, 0.15) is 0 Å². The highest BCUT2D eigenvalue weighted by Crippen LogP contribution is 2.36. The maximum atomic E-state index is 13.1. The van der Waals surface area contributed by atoms with Crippen molar-refractivity contribution in [2.75, 3.05) is 13.2 Å². The number of carbonyl (C=O) groups excluding carboxylic acids is 1. The molecule has 0 radical (unpaired) electrons. The fourth-order valence-corrected chi connectivity index (χ4v) is 4.93. The minimum Gasteiger partial charge on any atom is -0.462 e. The van der Waals surface area contributed by atoms with Crippen molar-refractivity contribution < 1.29 is 17.9 Å². The molecule has 6 nitrogen and oxygen atoms in total. The predicted octanol–water partition coefficient (Wildman–Crippen LogP) is 2.73. The summed E-state index contributed by atoms with van der Waals surface area (Å²) in [5, 5.41) is 0. The number of aryl methyl sites for hydroxylation is 1. The number of hydrogen-bond acceptors (Lipinski definition) is 4. The maximum Gasteiger partial charge on any atom is 0.338 e. The molecular formula is C18H22N2O4S. The van der Waals surface area contributed by atoms with Gasteiger partial charge in [-0.2, -0.15) is 4.31 Å². The topological polar surface area (TPSA) is 68.6 Å². The lowest BCUT2D eigenvalue weighted by Crippen LogP contribution is -2.31. The first-order chi connectivity index (χ1) is 11.9. The molecule has 1 unspecified atom stereocenters. The van der Waals surface area contributed by atoms with Gasteiger partial charge in [0, 0.05) is 25.5 Å². The maximum absolute atomic E-state index is 13.1. The zero-order chi connectivity index (χ0) is 18.0. The Morgan fingerprint density at radius 1 is 1.24 bits per heavy atom. The SMILES string of the molecule is CCOC(=O)c1ccc(S(=O)(=O)N2CCCC2c2cccn2C)cc1. The number of sulfonamides is 1. The number of esters is 1. The van der Waals surface area contributed by atoms with Gasteiger partial charge in [-0.05, 0) is 56.2 Å². The van der Waals surface area contributed by atoms with Crippen LogP contribution in [0.1, 0.15) is 41.9 Å². The molecule has 134 valence electrons. The van der Waals surface area contributed by atoms with Crippen LogP contribution in [-0.2, 0) is 21.8 Å². The van der Waals surface area contributed by atoms with E-state index in [2.05, 4.69) is 0 Å². The van der Waals surface area contributed by atoms with Gasteiger partial charge in [0.2, 0.25) is 10.0 Å². The second kappa shape index (κ2) is 7.01. The number of benzene rings is 1. The second-order valence-electron chi connectivity index (χ2n) is 6.06. The first-order valence-corrected chi connectivity index (χ1v) is 9.79. The van der Waals surface area contributed by atoms with Crippen molar-refractivity contribution in [2.24, 2.45) is 7.05 Å². The molecule has 0 amide bonds. The van der Waals surface area contributed by atoms with Crippen molar-refractivity contribution in [3.63, 3.8) is 0 Å². The predicted molar refractivity (Wildman–Crippen MR) is 93.7 cm³/mol. The van der Waals surface area contributed by atoms with E-state index >= 15 is 0 Å². The number of carbonyl (C=O) groups is 1. The monoisotopic (exact) mass is 362 g/mol. The standard InChI is InChI=1S/C18H22N2O4S/c1-3-24-18(21)14-8-10-15(11-9-14)25(22,23)20-13-5-7-17(20)16-6-4-12-19(16)2/h4,6,8-12,17H,3,5,7,13H2,1-2H3. The molecule has 1 aliphatic rings. The molecule has 2 aromatic rings. The summed E-state index contributed by atoms with van der Waals surface area (Å²) in [5.74, 6) is -0.450. The van der Waals surface area contributed by atoms with Crippen molar-refractivity contribution in [3.8, 4) is 0 Å². The van der Waals surface area contributed by atoms with E-state index in [0.29, 0.717) is 12.1 Å². The third-order valence-corrected chi connectivity index (χ3v) is 6.42. The first kappa shape index (κ1) is 17.7. The first-order valence-electron chi connectivity index (χ1n) is 8.35. The Labute approximate surface area is 148 Å². The summed E-state index contributed by atoms with van der Waals surface area (Å²) in [6.45, 7) is 2.51. The smallest absolute Gasteiger partial charge is 0.338 e. The zero-order valence-electron chi connectivity index (χ0n) is 14.4. The molecule has 1 aromatic heterocycles. The molecule has 0 bridgehead atoms. The van der Waals surface area contributed by atoms with Crippen molar-refractivity contribution in [1.82, 2.24) is 8.87 Å². The fourth-order valence-electron chi connectivity index (χ4n) is 3.26. The number of hydrogen-bond donors (Lipinski definition) is 0. The van der Waals surface area contributed by atoms with Gasteiger partial charge < -0.3 is 9.30 Å². The molecular weight excluding hydrogens is 340 g/mol. The number of aromatic nitrogens is 1. The third kappa shape index (κ3) is 3.34. The molecule has 1 saturated heterocycles. The molecule has 0 spiro atoms. The Morgan fingerprint density at radius 3 is 2.56 bits per heavy atom. The van der Waals surface area contributed by atoms with Gasteiger partial charge in [-0.25, -0.2) is 13.2 Å². The van der Waals surface area contributed by atoms with Crippen LogP contribution >= 0.6 is 0 Å². The molecule has 25 heavy (non-hydrogen) atoms. The Balaban J connectivity index is 1.88. The summed E-state index contributed by atoms with van der Waals surface area (Å²) in [4.78, 5) is 11.9. The van der Waals surface area contributed by atoms with Gasteiger partial charge in [0.05, 0.1) is 23.1 Å². The van der Waals surface area contributed by atoms with E-state index in [1.165, 1.54) is 24.3 Å². The van der Waals surface area contributed by atoms with E-state index in [1.54, 1.807) is 11.2 Å². The largest absolute Gasteiger partial charge is 0.462 e. The molecule has 1 fully saturated rings. The van der Waals surface area contributed by atoms with E-state index in [9.17, 15) is 13.2 Å². The number of ether oxygens (including phenoxy) is 1. The lowest BCUT2D eigenvalue weighted by atomic mass is 10.1. The van der Waals surface area contributed by atoms with Crippen LogP contribution in [0.15, 0.2) is 47.5 Å². The Morgan fingerprint density at radius 2 is 1.96 bits per heavy atom. The summed E-state index contributed by atoms with van der Waals surface area (Å²) in [5.41, 5.74) is 1.34. The van der Waals surface area contributed by atoms with Gasteiger partial charge in [0.25, 0.3) is 0 Å². The summed E-state index contributed by atoms with van der Waals surface area (Å²) in [6.07, 6.45) is 3.56. The molecule has 1 aliphatic heterocycles. The van der Waals surface area contributed by atoms with Crippen molar-refractivity contribution in [2.45, 2.75) is 30.7 Å². The van der Waals surface area contributed by atoms with Crippen LogP contribution in [0, 0.1) is 0 Å². The lowest BCUT2D eigenvalue weighted by Gasteiger charge is -2.24. The highest BCUT2D eigenvalue weighted by atomic mass is 32.2. The van der Waals surface area contributed by atoms with E-state index in [-0.39, 0.29) is 17.5 Å². The lowest BCUT2D eigenvalue weighted by molar-refractivity contribution is 0.0526. The van der Waals surface area contributed by atoms with Crippen LogP contribution in [0.4, 0.5) is 0 Å². The van der Waals surface area contributed by atoms with Crippen LogP contribution in [0.3, 0.4) is 0 Å². The average Bonchev–Trinajstić information content (AvgIpc) is 3.24. The summed E-state index contributed by atoms with van der Waals surface area (Å²) in [6, 6.07) is 9.67. The molecule has 0 saturated carbocycles. The van der Waals surface area contributed by atoms with Crippen molar-refractivity contribution in [3.05, 3.63) is 53.9 Å². The highest BCUT2D eigenvalue weighted by Gasteiger charge is 2.37. The molecule has 0 N–H and O–H groups in total. The third-order valence-electron chi connectivity index (χ3n) is 4.50. The van der Waals surface area contributed by atoms with Crippen LogP contribution in [0.25, 0.3) is 0 Å². The molecule has 1 aromatic carbocycles. The average molecular weight is 362 g/mol. The van der Waals surface area contributed by atoms with Crippen LogP contribution in [0.5, 0.6) is 0 Å². The van der Waals surface area contributed by atoms with E-state index < -0.39 is 16.0 Å². The minimum atomic E-state index is -3.62. The molecule has 3 rings (SSSR count). The summed E-state index contributed by atoms with van der Waals surface area (Å²) >= 11 is 0. The van der Waals surface area contributed by atoms with Gasteiger partial charge in [-0.1, -0.05) is 0 Å². The second-order valence-corrected chi connectivity index (χ2v) is 7.95. The quantitative estimate of drug-likeness (QED) is 0.767. The normalized spacial score (nSPS) is 18.4.